The van der Waals surface area contributed by atoms with Gasteiger partial charge in [0.1, 0.15) is 0 Å². The molecule has 1 aliphatic carbocycles. The second kappa shape index (κ2) is 17.1. The predicted molar refractivity (Wildman–Crippen MR) is 222 cm³/mol. The number of aliphatic hydroxyl groups is 1. The molecule has 3 heterocycles. The maximum atomic E-state index is 13.4. The van der Waals surface area contributed by atoms with E-state index in [2.05, 4.69) is 34.3 Å². The zero-order valence-corrected chi connectivity index (χ0v) is 34.3. The number of piperidine rings is 2. The molecule has 13 heteroatoms. The van der Waals surface area contributed by atoms with E-state index < -0.39 is 17.6 Å². The molecule has 1 spiro atoms. The molecule has 6 rings (SSSR count). The zero-order valence-electron chi connectivity index (χ0n) is 34.3. The number of rotatable bonds is 14. The lowest BCUT2D eigenvalue weighted by Gasteiger charge is -2.50. The molecule has 5 N–H and O–H groups in total. The molecular formula is C44H61N7O6. The Morgan fingerprint density at radius 2 is 1.61 bits per heavy atom. The SMILES string of the molecule is CC(CCC(=O)NC=O)N1C(=O)c2ccc(N3CCC4(CCC(C(C)(C)CN5CCC(N=Cc6cc(NC=O)c(C(C)(C)O)cc6N)CC5)CC4)CC3)cc2C1=O. The third-order valence-electron chi connectivity index (χ3n) is 13.4. The third kappa shape index (κ3) is 9.41. The van der Waals surface area contributed by atoms with Crippen LogP contribution in [-0.2, 0) is 20.0 Å². The Morgan fingerprint density at radius 3 is 2.25 bits per heavy atom. The normalized spacial score (nSPS) is 20.2. The number of benzene rings is 2. The monoisotopic (exact) mass is 783 g/mol. The molecular weight excluding hydrogens is 723 g/mol. The van der Waals surface area contributed by atoms with Crippen molar-refractivity contribution in [3.05, 3.63) is 52.6 Å². The average molecular weight is 784 g/mol. The highest BCUT2D eigenvalue weighted by molar-refractivity contribution is 6.22. The lowest BCUT2D eigenvalue weighted by molar-refractivity contribution is -0.125. The summed E-state index contributed by atoms with van der Waals surface area (Å²) in [4.78, 5) is 71.2. The van der Waals surface area contributed by atoms with Crippen LogP contribution in [0.15, 0.2) is 35.3 Å². The van der Waals surface area contributed by atoms with Crippen LogP contribution >= 0.6 is 0 Å². The number of hydrogen-bond acceptors (Lipinski definition) is 10. The van der Waals surface area contributed by atoms with Crippen LogP contribution in [0.5, 0.6) is 0 Å². The highest BCUT2D eigenvalue weighted by Gasteiger charge is 2.43. The molecule has 0 radical (unpaired) electrons. The van der Waals surface area contributed by atoms with Gasteiger partial charge in [0, 0.05) is 79.6 Å². The number of carbonyl (C=O) groups excluding carboxylic acids is 5. The van der Waals surface area contributed by atoms with Crippen LogP contribution in [0.4, 0.5) is 17.1 Å². The van der Waals surface area contributed by atoms with Crippen molar-refractivity contribution >= 4 is 53.8 Å². The highest BCUT2D eigenvalue weighted by Crippen LogP contribution is 2.51. The first kappa shape index (κ1) is 42.0. The number of carbonyl (C=O) groups is 5. The summed E-state index contributed by atoms with van der Waals surface area (Å²) in [5, 5.41) is 15.3. The number of nitrogens with zero attached hydrogens (tertiary/aromatic N) is 4. The first-order valence-electron chi connectivity index (χ1n) is 20.7. The van der Waals surface area contributed by atoms with Gasteiger partial charge in [0.2, 0.25) is 18.7 Å². The Kier molecular flexibility index (Phi) is 12.6. The second-order valence-corrected chi connectivity index (χ2v) is 18.2. The number of fused-ring (bicyclic) bond motifs is 1. The summed E-state index contributed by atoms with van der Waals surface area (Å²) >= 11 is 0. The van der Waals surface area contributed by atoms with Crippen molar-refractivity contribution in [2.24, 2.45) is 21.7 Å². The Hall–Kier alpha value is -4.62. The Balaban J connectivity index is 0.963. The zero-order chi connectivity index (χ0) is 41.1. The fourth-order valence-electron chi connectivity index (χ4n) is 9.75. The molecule has 57 heavy (non-hydrogen) atoms. The summed E-state index contributed by atoms with van der Waals surface area (Å²) in [6.07, 6.45) is 12.2. The van der Waals surface area contributed by atoms with Gasteiger partial charge in [0.15, 0.2) is 0 Å². The fourth-order valence-corrected chi connectivity index (χ4v) is 9.75. The van der Waals surface area contributed by atoms with Gasteiger partial charge in [-0.1, -0.05) is 13.8 Å². The van der Waals surface area contributed by atoms with Gasteiger partial charge in [-0.2, -0.15) is 0 Å². The van der Waals surface area contributed by atoms with Crippen LogP contribution in [0.2, 0.25) is 0 Å². The van der Waals surface area contributed by atoms with Crippen LogP contribution < -0.4 is 21.3 Å². The number of aliphatic imine (C=N–C) groups is 1. The molecule has 1 unspecified atom stereocenters. The second-order valence-electron chi connectivity index (χ2n) is 18.2. The van der Waals surface area contributed by atoms with Gasteiger partial charge in [-0.05, 0) is 126 Å². The van der Waals surface area contributed by atoms with Crippen molar-refractivity contribution in [3.63, 3.8) is 0 Å². The molecule has 5 amide bonds. The van der Waals surface area contributed by atoms with Crippen LogP contribution in [0.1, 0.15) is 131 Å². The van der Waals surface area contributed by atoms with E-state index in [1.807, 2.05) is 18.3 Å². The largest absolute Gasteiger partial charge is 0.398 e. The van der Waals surface area contributed by atoms with E-state index >= 15 is 0 Å². The topological polar surface area (TPSA) is 178 Å². The molecule has 2 aromatic rings. The van der Waals surface area contributed by atoms with Crippen molar-refractivity contribution in [1.82, 2.24) is 15.1 Å². The van der Waals surface area contributed by atoms with Crippen LogP contribution in [0.25, 0.3) is 0 Å². The summed E-state index contributed by atoms with van der Waals surface area (Å²) in [7, 11) is 0. The number of hydrogen-bond donors (Lipinski definition) is 4. The number of nitrogen functional groups attached to an aromatic ring is 1. The number of nitrogens with one attached hydrogen (secondary N) is 2. The van der Waals surface area contributed by atoms with E-state index in [1.165, 1.54) is 30.6 Å². The van der Waals surface area contributed by atoms with Crippen LogP contribution in [0, 0.1) is 16.7 Å². The molecule has 2 saturated heterocycles. The van der Waals surface area contributed by atoms with Gasteiger partial charge in [0.05, 0.1) is 22.8 Å². The maximum Gasteiger partial charge on any atom is 0.261 e. The number of imide groups is 2. The molecule has 1 atom stereocenters. The lowest BCUT2D eigenvalue weighted by atomic mass is 9.60. The van der Waals surface area contributed by atoms with E-state index in [0.29, 0.717) is 52.2 Å². The van der Waals surface area contributed by atoms with Gasteiger partial charge in [0.25, 0.3) is 11.8 Å². The summed E-state index contributed by atoms with van der Waals surface area (Å²) in [6, 6.07) is 8.83. The first-order chi connectivity index (χ1) is 27.0. The minimum Gasteiger partial charge on any atom is -0.398 e. The maximum absolute atomic E-state index is 13.4. The van der Waals surface area contributed by atoms with Crippen molar-refractivity contribution in [3.8, 4) is 0 Å². The molecule has 3 fully saturated rings. The smallest absolute Gasteiger partial charge is 0.261 e. The molecule has 308 valence electrons. The first-order valence-corrected chi connectivity index (χ1v) is 20.7. The molecule has 13 nitrogen and oxygen atoms in total. The van der Waals surface area contributed by atoms with Crippen molar-refractivity contribution < 1.29 is 29.1 Å². The summed E-state index contributed by atoms with van der Waals surface area (Å²) in [5.41, 5.74) is 9.86. The van der Waals surface area contributed by atoms with Crippen molar-refractivity contribution in [2.75, 3.05) is 48.7 Å². The van der Waals surface area contributed by atoms with E-state index in [9.17, 15) is 29.1 Å². The van der Waals surface area contributed by atoms with Gasteiger partial charge >= 0.3 is 0 Å². The van der Waals surface area contributed by atoms with E-state index in [1.54, 1.807) is 39.0 Å². The number of nitrogens with two attached hydrogens (primary N) is 1. The minimum atomic E-state index is -1.15. The lowest BCUT2D eigenvalue weighted by Crippen LogP contribution is -2.46. The fraction of sp³-hybridized carbons (Fsp3) is 0.591. The number of anilines is 3. The molecule has 2 aromatic carbocycles. The third-order valence-corrected chi connectivity index (χ3v) is 13.4. The molecule has 3 aliphatic heterocycles. The average Bonchev–Trinajstić information content (AvgIpc) is 3.42. The Morgan fingerprint density at radius 1 is 0.947 bits per heavy atom. The number of likely N-dealkylation sites (tertiary alicyclic amines) is 1. The van der Waals surface area contributed by atoms with E-state index in [4.69, 9.17) is 10.7 Å². The predicted octanol–water partition coefficient (Wildman–Crippen LogP) is 5.49. The highest BCUT2D eigenvalue weighted by atomic mass is 16.3. The van der Waals surface area contributed by atoms with Gasteiger partial charge < -0.3 is 26.0 Å². The van der Waals surface area contributed by atoms with Crippen LogP contribution in [-0.4, -0.2) is 96.5 Å². The van der Waals surface area contributed by atoms with Crippen molar-refractivity contribution in [2.45, 2.75) is 117 Å². The van der Waals surface area contributed by atoms with Crippen LogP contribution in [0.3, 0.4) is 0 Å². The van der Waals surface area contributed by atoms with Gasteiger partial charge in [-0.25, -0.2) is 0 Å². The Labute approximate surface area is 336 Å². The summed E-state index contributed by atoms with van der Waals surface area (Å²) in [6.45, 7) is 14.9. The van der Waals surface area contributed by atoms with E-state index in [0.717, 1.165) is 69.7 Å². The Bertz CT molecular complexity index is 1860. The van der Waals surface area contributed by atoms with E-state index in [-0.39, 0.29) is 36.1 Å². The molecule has 0 bridgehead atoms. The molecule has 4 aliphatic rings. The molecule has 0 aromatic heterocycles. The quantitative estimate of drug-likeness (QED) is 0.0836. The summed E-state index contributed by atoms with van der Waals surface area (Å²) in [5.74, 6) is -0.421. The van der Waals surface area contributed by atoms with Gasteiger partial charge in [-0.15, -0.1) is 0 Å². The van der Waals surface area contributed by atoms with Gasteiger partial charge in [-0.3, -0.25) is 39.2 Å². The minimum absolute atomic E-state index is 0.0495. The molecule has 1 saturated carbocycles. The standard InChI is InChI=1S/C44H61N7O6/c1-29(6-9-39(54)48-28-53)51-40(55)34-8-7-33(23-35(34)41(51)56)50-20-16-44(17-21-50)14-10-31(11-15-44)42(2,3)26-49-18-12-32(13-19-49)46-25-30-22-38(47-27-52)36(24-37(30)45)43(4,5)57/h7-8,22-25,27-29,31-32,57H,6,9-21,26,45H2,1-5H3,(H,47,52)(H,48,53,54). The summed E-state index contributed by atoms with van der Waals surface area (Å²) < 4.78 is 0. The number of amides is 5. The van der Waals surface area contributed by atoms with Crippen molar-refractivity contribution in [1.29, 1.82) is 0 Å².